The number of benzene rings is 1. The Bertz CT molecular complexity index is 578. The summed E-state index contributed by atoms with van der Waals surface area (Å²) in [7, 11) is -1.26. The van der Waals surface area contributed by atoms with Crippen molar-refractivity contribution in [3.8, 4) is 0 Å². The zero-order valence-corrected chi connectivity index (χ0v) is 13.3. The maximum absolute atomic E-state index is 4.35. The van der Waals surface area contributed by atoms with E-state index in [1.165, 1.54) is 18.5 Å². The minimum Gasteiger partial charge on any atom is -0.218 e. The predicted molar refractivity (Wildman–Crippen MR) is 84.7 cm³/mol. The van der Waals surface area contributed by atoms with Crippen molar-refractivity contribution in [2.24, 2.45) is 0 Å². The molecule has 0 spiro atoms. The van der Waals surface area contributed by atoms with Crippen molar-refractivity contribution in [3.05, 3.63) is 30.0 Å². The minimum absolute atomic E-state index is 0.973. The van der Waals surface area contributed by atoms with Crippen molar-refractivity contribution < 1.29 is 0 Å². The summed E-state index contributed by atoms with van der Waals surface area (Å²) >= 11 is 0. The van der Waals surface area contributed by atoms with Crippen molar-refractivity contribution in [2.75, 3.05) is 0 Å². The summed E-state index contributed by atoms with van der Waals surface area (Å²) in [6.07, 6.45) is 3.48. The molecule has 0 saturated heterocycles. The van der Waals surface area contributed by atoms with Gasteiger partial charge in [-0.1, -0.05) is 56.0 Å². The van der Waals surface area contributed by atoms with Crippen LogP contribution in [-0.2, 0) is 0 Å². The fourth-order valence-corrected chi connectivity index (χ4v) is 3.44. The van der Waals surface area contributed by atoms with E-state index in [1.54, 1.807) is 0 Å². The molecule has 19 heavy (non-hydrogen) atoms. The number of rotatable bonds is 5. The Labute approximate surface area is 116 Å². The lowest BCUT2D eigenvalue weighted by Crippen LogP contribution is -2.18. The normalized spacial score (nSPS) is 13.2. The van der Waals surface area contributed by atoms with Crippen molar-refractivity contribution in [1.29, 1.82) is 0 Å². The molecule has 0 saturated carbocycles. The van der Waals surface area contributed by atoms with Crippen LogP contribution in [0.15, 0.2) is 30.0 Å². The molecule has 0 radical (unpaired) electrons. The molecule has 0 bridgehead atoms. The third-order valence-electron chi connectivity index (χ3n) is 3.01. The number of hydrogen-bond acceptors (Lipinski definition) is 2. The van der Waals surface area contributed by atoms with Crippen molar-refractivity contribution in [2.45, 2.75) is 45.8 Å². The molecule has 0 N–H and O–H groups in total. The molecule has 2 rings (SSSR count). The Kier molecular flexibility index (Phi) is 4.19. The van der Waals surface area contributed by atoms with Crippen molar-refractivity contribution >= 4 is 24.8 Å². The van der Waals surface area contributed by atoms with Gasteiger partial charge in [-0.3, -0.25) is 0 Å². The Hall–Kier alpha value is -1.42. The number of para-hydroxylation sites is 1. The molecule has 0 amide bonds. The quantitative estimate of drug-likeness (QED) is 0.759. The smallest absolute Gasteiger partial charge is 0.113 e. The summed E-state index contributed by atoms with van der Waals surface area (Å²) < 4.78 is 2.03. The van der Waals surface area contributed by atoms with Gasteiger partial charge < -0.3 is 0 Å². The third kappa shape index (κ3) is 3.53. The lowest BCUT2D eigenvalue weighted by Gasteiger charge is -2.15. The number of aromatic nitrogens is 3. The van der Waals surface area contributed by atoms with Gasteiger partial charge in [-0.2, -0.15) is 0 Å². The van der Waals surface area contributed by atoms with E-state index >= 15 is 0 Å². The van der Waals surface area contributed by atoms with Crippen LogP contribution in [0.1, 0.15) is 26.2 Å². The van der Waals surface area contributed by atoms with Gasteiger partial charge in [0.2, 0.25) is 0 Å². The van der Waals surface area contributed by atoms with Gasteiger partial charge in [0.15, 0.2) is 0 Å². The summed E-state index contributed by atoms with van der Waals surface area (Å²) in [5.74, 6) is 0. The van der Waals surface area contributed by atoms with E-state index in [2.05, 4.69) is 48.6 Å². The Balaban J connectivity index is 2.46. The number of nitrogens with zero attached hydrogens (tertiary/aromatic N) is 3. The standard InChI is InChI=1S/C15H23N3Si/c1-5-6-9-13(12-19(2,3)4)18-15-11-8-7-10-14(15)16-17-18/h7-8,10-12H,5-6,9H2,1-4H3/b13-12+. The molecular formula is C15H23N3Si. The van der Waals surface area contributed by atoms with E-state index in [-0.39, 0.29) is 0 Å². The van der Waals surface area contributed by atoms with Crippen LogP contribution >= 0.6 is 0 Å². The maximum atomic E-state index is 4.35. The van der Waals surface area contributed by atoms with Gasteiger partial charge in [0.1, 0.15) is 5.52 Å². The van der Waals surface area contributed by atoms with Gasteiger partial charge in [-0.25, -0.2) is 4.68 Å². The number of unbranched alkanes of at least 4 members (excludes halogenated alkanes) is 1. The summed E-state index contributed by atoms with van der Waals surface area (Å²) in [5, 5.41) is 8.62. The minimum atomic E-state index is -1.26. The zero-order chi connectivity index (χ0) is 13.9. The molecule has 2 aromatic rings. The van der Waals surface area contributed by atoms with E-state index in [0.29, 0.717) is 0 Å². The van der Waals surface area contributed by atoms with E-state index in [1.807, 2.05) is 22.9 Å². The maximum Gasteiger partial charge on any atom is 0.113 e. The van der Waals surface area contributed by atoms with Crippen molar-refractivity contribution in [1.82, 2.24) is 15.0 Å². The highest BCUT2D eigenvalue weighted by atomic mass is 28.3. The molecule has 0 unspecified atom stereocenters. The first-order valence-corrected chi connectivity index (χ1v) is 10.6. The van der Waals surface area contributed by atoms with Crippen molar-refractivity contribution in [3.63, 3.8) is 0 Å². The molecule has 1 aromatic heterocycles. The van der Waals surface area contributed by atoms with Gasteiger partial charge >= 0.3 is 0 Å². The molecule has 102 valence electrons. The Morgan fingerprint density at radius 2 is 2.00 bits per heavy atom. The molecule has 0 atom stereocenters. The van der Waals surface area contributed by atoms with Gasteiger partial charge in [0.05, 0.1) is 13.6 Å². The molecule has 0 aliphatic heterocycles. The summed E-state index contributed by atoms with van der Waals surface area (Å²) in [4.78, 5) is 0. The van der Waals surface area contributed by atoms with Gasteiger partial charge in [-0.15, -0.1) is 5.10 Å². The van der Waals surface area contributed by atoms with Crippen LogP contribution in [0.2, 0.25) is 19.6 Å². The zero-order valence-electron chi connectivity index (χ0n) is 12.3. The SMILES string of the molecule is CCCC/C(=C\[Si](C)(C)C)n1nnc2ccccc21. The third-order valence-corrected chi connectivity index (χ3v) is 4.21. The first-order chi connectivity index (χ1) is 9.01. The Morgan fingerprint density at radius 3 is 2.68 bits per heavy atom. The highest BCUT2D eigenvalue weighted by Gasteiger charge is 2.14. The van der Waals surface area contributed by atoms with E-state index in [4.69, 9.17) is 0 Å². The highest BCUT2D eigenvalue weighted by molar-refractivity contribution is 6.81. The molecule has 1 aromatic carbocycles. The van der Waals surface area contributed by atoms with Gasteiger partial charge in [0.25, 0.3) is 0 Å². The summed E-state index contributed by atoms with van der Waals surface area (Å²) in [6, 6.07) is 8.17. The van der Waals surface area contributed by atoms with E-state index in [0.717, 1.165) is 17.5 Å². The van der Waals surface area contributed by atoms with Crippen LogP contribution in [0, 0.1) is 0 Å². The number of fused-ring (bicyclic) bond motifs is 1. The lowest BCUT2D eigenvalue weighted by atomic mass is 10.2. The largest absolute Gasteiger partial charge is 0.218 e. The molecular weight excluding hydrogens is 250 g/mol. The first kappa shape index (κ1) is 14.0. The molecule has 0 aliphatic rings. The fourth-order valence-electron chi connectivity index (χ4n) is 2.18. The number of hydrogen-bond donors (Lipinski definition) is 0. The van der Waals surface area contributed by atoms with Crippen LogP contribution < -0.4 is 0 Å². The second-order valence-corrected chi connectivity index (χ2v) is 11.1. The molecule has 0 aliphatic carbocycles. The average Bonchev–Trinajstić information content (AvgIpc) is 2.77. The fraction of sp³-hybridized carbons (Fsp3) is 0.467. The second kappa shape index (κ2) is 5.69. The summed E-state index contributed by atoms with van der Waals surface area (Å²) in [5.41, 5.74) is 5.85. The molecule has 4 heteroatoms. The highest BCUT2D eigenvalue weighted by Crippen LogP contribution is 2.21. The topological polar surface area (TPSA) is 30.7 Å². The van der Waals surface area contributed by atoms with Gasteiger partial charge in [-0.05, 0) is 25.0 Å². The van der Waals surface area contributed by atoms with Gasteiger partial charge in [0, 0.05) is 5.70 Å². The predicted octanol–water partition coefficient (Wildman–Crippen LogP) is 4.34. The van der Waals surface area contributed by atoms with E-state index in [9.17, 15) is 0 Å². The second-order valence-electron chi connectivity index (χ2n) is 6.10. The van der Waals surface area contributed by atoms with E-state index < -0.39 is 8.07 Å². The van der Waals surface area contributed by atoms with Crippen LogP contribution in [0.3, 0.4) is 0 Å². The first-order valence-electron chi connectivity index (χ1n) is 7.04. The average molecular weight is 273 g/mol. The summed E-state index contributed by atoms with van der Waals surface area (Å²) in [6.45, 7) is 9.31. The molecule has 1 heterocycles. The number of allylic oxidation sites excluding steroid dienone is 1. The Morgan fingerprint density at radius 1 is 1.26 bits per heavy atom. The van der Waals surface area contributed by atoms with Crippen LogP contribution in [0.5, 0.6) is 0 Å². The lowest BCUT2D eigenvalue weighted by molar-refractivity contribution is 0.754. The van der Waals surface area contributed by atoms with Crippen LogP contribution in [-0.4, -0.2) is 23.1 Å². The van der Waals surface area contributed by atoms with Crippen LogP contribution in [0.25, 0.3) is 16.7 Å². The molecule has 3 nitrogen and oxygen atoms in total. The molecule has 0 fully saturated rings. The monoisotopic (exact) mass is 273 g/mol. The van der Waals surface area contributed by atoms with Crippen LogP contribution in [0.4, 0.5) is 0 Å².